The predicted molar refractivity (Wildman–Crippen MR) is 121 cm³/mol. The molecule has 12 heteroatoms. The Balaban J connectivity index is 2.01. The van der Waals surface area contributed by atoms with E-state index in [1.54, 1.807) is 19.2 Å². The molecular weight excluding hydrogens is 478 g/mol. The van der Waals surface area contributed by atoms with Gasteiger partial charge in [0.2, 0.25) is 6.10 Å². The van der Waals surface area contributed by atoms with Crippen molar-refractivity contribution in [3.8, 4) is 5.75 Å². The van der Waals surface area contributed by atoms with E-state index >= 15 is 0 Å². The van der Waals surface area contributed by atoms with Crippen LogP contribution in [0, 0.1) is 0 Å². The Labute approximate surface area is 207 Å². The number of benzene rings is 1. The van der Waals surface area contributed by atoms with Gasteiger partial charge in [-0.05, 0) is 29.8 Å². The molecule has 3 rings (SSSR count). The minimum Gasteiger partial charge on any atom is -0.497 e. The van der Waals surface area contributed by atoms with Crippen LogP contribution in [-0.4, -0.2) is 73.5 Å². The molecule has 0 aliphatic carbocycles. The fraction of sp³-hybridized carbons (Fsp3) is 0.542. The average molecular weight is 507 g/mol. The van der Waals surface area contributed by atoms with Crippen LogP contribution in [0.4, 0.5) is 0 Å². The molecule has 2 aliphatic rings. The summed E-state index contributed by atoms with van der Waals surface area (Å²) in [5.41, 5.74) is 1.37. The lowest BCUT2D eigenvalue weighted by Crippen LogP contribution is -2.69. The fourth-order valence-corrected chi connectivity index (χ4v) is 4.11. The number of ether oxygens (including phenoxy) is 6. The van der Waals surface area contributed by atoms with Crippen LogP contribution < -0.4 is 4.74 Å². The first-order valence-corrected chi connectivity index (χ1v) is 11.3. The molecule has 0 radical (unpaired) electrons. The van der Waals surface area contributed by atoms with Crippen LogP contribution in [0.5, 0.6) is 5.75 Å². The highest BCUT2D eigenvalue weighted by atomic mass is 16.8. The molecule has 2 heterocycles. The van der Waals surface area contributed by atoms with Crippen molar-refractivity contribution in [2.24, 2.45) is 5.16 Å². The summed E-state index contributed by atoms with van der Waals surface area (Å²) in [5.74, 6) is -3.81. The number of hydrogen-bond acceptors (Lipinski definition) is 12. The van der Waals surface area contributed by atoms with E-state index in [1.165, 1.54) is 13.8 Å². The Morgan fingerprint density at radius 3 is 2.03 bits per heavy atom. The maximum atomic E-state index is 12.0. The van der Waals surface area contributed by atoms with Gasteiger partial charge in [0.05, 0.1) is 12.8 Å². The molecule has 1 aromatic rings. The summed E-state index contributed by atoms with van der Waals surface area (Å²) >= 11 is 0. The van der Waals surface area contributed by atoms with E-state index in [9.17, 15) is 19.2 Å². The highest BCUT2D eigenvalue weighted by molar-refractivity contribution is 6.00. The van der Waals surface area contributed by atoms with E-state index in [-0.39, 0.29) is 13.0 Å². The Hall–Kier alpha value is -3.67. The summed E-state index contributed by atoms with van der Waals surface area (Å²) in [6.45, 7) is 4.33. The number of nitrogens with zero attached hydrogens (tertiary/aromatic N) is 1. The van der Waals surface area contributed by atoms with Gasteiger partial charge in [0, 0.05) is 40.5 Å². The maximum Gasteiger partial charge on any atom is 0.303 e. The Kier molecular flexibility index (Phi) is 8.51. The third-order valence-electron chi connectivity index (χ3n) is 5.56. The van der Waals surface area contributed by atoms with Crippen molar-refractivity contribution in [1.29, 1.82) is 0 Å². The van der Waals surface area contributed by atoms with Crippen molar-refractivity contribution in [2.75, 3.05) is 13.7 Å². The highest BCUT2D eigenvalue weighted by Crippen LogP contribution is 2.42. The summed E-state index contributed by atoms with van der Waals surface area (Å²) in [4.78, 5) is 53.2. The molecule has 12 nitrogen and oxygen atoms in total. The standard InChI is InChI=1S/C24H29NO11/c1-13(26)31-12-20-21(32-14(2)27)22(33-15(3)28)23(34-16(4)29)24(35-20)11-10-19(25-36-24)17-6-8-18(30-5)9-7-17/h6-9,20-23H,10-12H2,1-5H3/t20-,21-,22+,23-,24-/m1/s1. The van der Waals surface area contributed by atoms with E-state index in [4.69, 9.17) is 33.3 Å². The summed E-state index contributed by atoms with van der Waals surface area (Å²) in [6.07, 6.45) is -4.62. The second kappa shape index (κ2) is 11.4. The zero-order valence-electron chi connectivity index (χ0n) is 20.7. The van der Waals surface area contributed by atoms with E-state index < -0.39 is 54.1 Å². The van der Waals surface area contributed by atoms with Crippen molar-refractivity contribution in [3.05, 3.63) is 29.8 Å². The van der Waals surface area contributed by atoms with Gasteiger partial charge < -0.3 is 33.3 Å². The van der Waals surface area contributed by atoms with Crippen molar-refractivity contribution in [2.45, 2.75) is 70.7 Å². The molecule has 1 aromatic carbocycles. The molecule has 36 heavy (non-hydrogen) atoms. The summed E-state index contributed by atoms with van der Waals surface area (Å²) in [6, 6.07) is 7.17. The van der Waals surface area contributed by atoms with Crippen LogP contribution in [0.3, 0.4) is 0 Å². The average Bonchev–Trinajstić information content (AvgIpc) is 2.82. The molecule has 0 unspecified atom stereocenters. The van der Waals surface area contributed by atoms with Crippen molar-refractivity contribution in [3.63, 3.8) is 0 Å². The van der Waals surface area contributed by atoms with E-state index in [2.05, 4.69) is 5.16 Å². The third-order valence-corrected chi connectivity index (χ3v) is 5.56. The van der Waals surface area contributed by atoms with Gasteiger partial charge in [-0.15, -0.1) is 0 Å². The number of hydrogen-bond donors (Lipinski definition) is 0. The molecule has 0 bridgehead atoms. The second-order valence-corrected chi connectivity index (χ2v) is 8.31. The molecule has 0 amide bonds. The lowest BCUT2D eigenvalue weighted by molar-refractivity contribution is -0.370. The van der Waals surface area contributed by atoms with E-state index in [1.807, 2.05) is 12.1 Å². The van der Waals surface area contributed by atoms with Gasteiger partial charge in [-0.25, -0.2) is 0 Å². The molecule has 1 spiro atoms. The monoisotopic (exact) mass is 507 g/mol. The number of carbonyl (C=O) groups is 4. The lowest BCUT2D eigenvalue weighted by atomic mass is 9.87. The molecular formula is C24H29NO11. The first kappa shape index (κ1) is 26.9. The molecule has 5 atom stereocenters. The van der Waals surface area contributed by atoms with Gasteiger partial charge in [-0.2, -0.15) is 0 Å². The Morgan fingerprint density at radius 1 is 0.917 bits per heavy atom. The zero-order chi connectivity index (χ0) is 26.5. The van der Waals surface area contributed by atoms with Crippen molar-refractivity contribution < 1.29 is 52.4 Å². The van der Waals surface area contributed by atoms with Gasteiger partial charge in [-0.3, -0.25) is 19.2 Å². The quantitative estimate of drug-likeness (QED) is 0.392. The van der Waals surface area contributed by atoms with Gasteiger partial charge in [0.15, 0.2) is 12.2 Å². The summed E-state index contributed by atoms with van der Waals surface area (Å²) in [7, 11) is 1.56. The first-order chi connectivity index (χ1) is 17.0. The van der Waals surface area contributed by atoms with Crippen LogP contribution in [0.1, 0.15) is 46.1 Å². The van der Waals surface area contributed by atoms with Crippen LogP contribution >= 0.6 is 0 Å². The van der Waals surface area contributed by atoms with Gasteiger partial charge in [0.25, 0.3) is 5.79 Å². The number of esters is 4. The van der Waals surface area contributed by atoms with Crippen LogP contribution in [0.2, 0.25) is 0 Å². The molecule has 0 saturated carbocycles. The summed E-state index contributed by atoms with van der Waals surface area (Å²) in [5, 5.41) is 4.22. The Bertz CT molecular complexity index is 1020. The smallest absolute Gasteiger partial charge is 0.303 e. The zero-order valence-corrected chi connectivity index (χ0v) is 20.7. The van der Waals surface area contributed by atoms with Gasteiger partial charge in [-0.1, -0.05) is 5.16 Å². The Morgan fingerprint density at radius 2 is 1.53 bits per heavy atom. The largest absolute Gasteiger partial charge is 0.497 e. The van der Waals surface area contributed by atoms with Crippen molar-refractivity contribution in [1.82, 2.24) is 0 Å². The number of oxime groups is 1. The third kappa shape index (κ3) is 6.30. The molecule has 0 N–H and O–H groups in total. The van der Waals surface area contributed by atoms with Gasteiger partial charge in [0.1, 0.15) is 18.5 Å². The van der Waals surface area contributed by atoms with Crippen LogP contribution in [0.15, 0.2) is 29.4 Å². The predicted octanol–water partition coefficient (Wildman–Crippen LogP) is 1.66. The van der Waals surface area contributed by atoms with Crippen LogP contribution in [-0.2, 0) is 47.7 Å². The molecule has 1 saturated heterocycles. The van der Waals surface area contributed by atoms with Crippen molar-refractivity contribution >= 4 is 29.6 Å². The second-order valence-electron chi connectivity index (χ2n) is 8.31. The minimum atomic E-state index is -1.72. The lowest BCUT2D eigenvalue weighted by Gasteiger charge is -2.50. The van der Waals surface area contributed by atoms with Gasteiger partial charge >= 0.3 is 23.9 Å². The first-order valence-electron chi connectivity index (χ1n) is 11.3. The fourth-order valence-electron chi connectivity index (χ4n) is 4.11. The molecule has 2 aliphatic heterocycles. The summed E-state index contributed by atoms with van der Waals surface area (Å²) < 4.78 is 32.8. The minimum absolute atomic E-state index is 0.122. The molecule has 1 fully saturated rings. The topological polar surface area (TPSA) is 145 Å². The highest BCUT2D eigenvalue weighted by Gasteiger charge is 2.62. The van der Waals surface area contributed by atoms with E-state index in [0.717, 1.165) is 19.4 Å². The normalized spacial score (nSPS) is 27.2. The number of methoxy groups -OCH3 is 1. The van der Waals surface area contributed by atoms with E-state index in [0.29, 0.717) is 17.9 Å². The number of rotatable bonds is 7. The number of carbonyl (C=O) groups excluding carboxylic acids is 4. The van der Waals surface area contributed by atoms with Crippen LogP contribution in [0.25, 0.3) is 0 Å². The molecule has 0 aromatic heterocycles. The molecule has 196 valence electrons. The SMILES string of the molecule is COc1ccc(C2=NO[C@@]3(CC2)O[C@H](COC(C)=O)[C@@H](OC(C)=O)[C@H](OC(C)=O)[C@H]3OC(C)=O)cc1. The maximum absolute atomic E-state index is 12.0.